The fourth-order valence-corrected chi connectivity index (χ4v) is 2.30. The second-order valence-corrected chi connectivity index (χ2v) is 4.04. The van der Waals surface area contributed by atoms with Crippen LogP contribution in [-0.2, 0) is 0 Å². The van der Waals surface area contributed by atoms with Crippen molar-refractivity contribution in [2.75, 3.05) is 25.2 Å². The van der Waals surface area contributed by atoms with E-state index >= 15 is 0 Å². The highest BCUT2D eigenvalue weighted by molar-refractivity contribution is 7.99. The van der Waals surface area contributed by atoms with Crippen LogP contribution in [0.4, 0.5) is 0 Å². The second kappa shape index (κ2) is 3.47. The van der Waals surface area contributed by atoms with Crippen molar-refractivity contribution < 1.29 is 0 Å². The first-order chi connectivity index (χ1) is 4.29. The van der Waals surface area contributed by atoms with Crippen LogP contribution in [0.3, 0.4) is 0 Å². The van der Waals surface area contributed by atoms with Gasteiger partial charge in [-0.2, -0.15) is 0 Å². The molecule has 1 fully saturated rings. The lowest BCUT2D eigenvalue weighted by Crippen LogP contribution is -2.21. The number of thioether (sulfide) groups is 1. The topological polar surface area (TPSA) is 3.24 Å². The Morgan fingerprint density at radius 3 is 3.11 bits per heavy atom. The summed E-state index contributed by atoms with van der Waals surface area (Å²) >= 11 is 2.05. The molecule has 1 aliphatic heterocycles. The molecule has 0 aromatic heterocycles. The second-order valence-electron chi connectivity index (χ2n) is 2.97. The summed E-state index contributed by atoms with van der Waals surface area (Å²) in [7, 11) is 2.20. The third-order valence-corrected chi connectivity index (χ3v) is 2.84. The monoisotopic (exact) mass is 145 g/mol. The predicted molar refractivity (Wildman–Crippen MR) is 43.7 cm³/mol. The minimum absolute atomic E-state index is 0.907. The zero-order valence-corrected chi connectivity index (χ0v) is 7.08. The van der Waals surface area contributed by atoms with Crippen LogP contribution >= 0.6 is 11.8 Å². The van der Waals surface area contributed by atoms with Crippen LogP contribution in [0.25, 0.3) is 0 Å². The number of hydrogen-bond acceptors (Lipinski definition) is 2. The lowest BCUT2D eigenvalue weighted by atomic mass is 10.1. The highest BCUT2D eigenvalue weighted by atomic mass is 32.2. The summed E-state index contributed by atoms with van der Waals surface area (Å²) in [4.78, 5) is 2.41. The predicted octanol–water partition coefficient (Wildman–Crippen LogP) is 1.65. The standard InChI is InChI=1S/C7H15NS/c1-7-3-4-9-6-8(2)5-7/h7H,3-6H2,1-2H3. The van der Waals surface area contributed by atoms with Gasteiger partial charge >= 0.3 is 0 Å². The maximum absolute atomic E-state index is 2.41. The minimum atomic E-state index is 0.907. The van der Waals surface area contributed by atoms with Gasteiger partial charge in [0.05, 0.1) is 0 Å². The molecule has 0 radical (unpaired) electrons. The van der Waals surface area contributed by atoms with Crippen LogP contribution in [0.1, 0.15) is 13.3 Å². The van der Waals surface area contributed by atoms with Gasteiger partial charge in [0, 0.05) is 12.4 Å². The van der Waals surface area contributed by atoms with Crippen LogP contribution < -0.4 is 0 Å². The van der Waals surface area contributed by atoms with E-state index in [0.29, 0.717) is 0 Å². The molecule has 1 nitrogen and oxygen atoms in total. The first-order valence-electron chi connectivity index (χ1n) is 3.55. The Morgan fingerprint density at radius 2 is 2.33 bits per heavy atom. The van der Waals surface area contributed by atoms with Gasteiger partial charge in [-0.05, 0) is 25.1 Å². The van der Waals surface area contributed by atoms with Crippen molar-refractivity contribution in [3.63, 3.8) is 0 Å². The number of rotatable bonds is 0. The quantitative estimate of drug-likeness (QED) is 0.510. The van der Waals surface area contributed by atoms with Gasteiger partial charge < -0.3 is 0 Å². The van der Waals surface area contributed by atoms with Crippen molar-refractivity contribution in [1.82, 2.24) is 4.90 Å². The summed E-state index contributed by atoms with van der Waals surface area (Å²) in [6.45, 7) is 3.62. The van der Waals surface area contributed by atoms with Crippen LogP contribution in [0.5, 0.6) is 0 Å². The van der Waals surface area contributed by atoms with Crippen LogP contribution in [0.15, 0.2) is 0 Å². The molecule has 1 atom stereocenters. The smallest absolute Gasteiger partial charge is 0.0441 e. The first-order valence-corrected chi connectivity index (χ1v) is 4.71. The molecule has 1 unspecified atom stereocenters. The van der Waals surface area contributed by atoms with E-state index < -0.39 is 0 Å². The molecule has 0 N–H and O–H groups in total. The van der Waals surface area contributed by atoms with Crippen molar-refractivity contribution in [1.29, 1.82) is 0 Å². The SMILES string of the molecule is CC1CCSCN(C)C1. The molecule has 0 aromatic rings. The third kappa shape index (κ3) is 2.59. The van der Waals surface area contributed by atoms with Gasteiger partial charge in [0.25, 0.3) is 0 Å². The van der Waals surface area contributed by atoms with Gasteiger partial charge in [-0.25, -0.2) is 0 Å². The highest BCUT2D eigenvalue weighted by Gasteiger charge is 2.09. The van der Waals surface area contributed by atoms with E-state index in [1.165, 1.54) is 24.6 Å². The maximum Gasteiger partial charge on any atom is 0.0441 e. The van der Waals surface area contributed by atoms with Crippen molar-refractivity contribution in [2.45, 2.75) is 13.3 Å². The summed E-state index contributed by atoms with van der Waals surface area (Å²) in [5, 5.41) is 0. The molecule has 54 valence electrons. The van der Waals surface area contributed by atoms with E-state index in [4.69, 9.17) is 0 Å². The molecule has 1 heterocycles. The van der Waals surface area contributed by atoms with Crippen LogP contribution in [-0.4, -0.2) is 30.1 Å². The van der Waals surface area contributed by atoms with Crippen molar-refractivity contribution >= 4 is 11.8 Å². The van der Waals surface area contributed by atoms with Crippen molar-refractivity contribution in [2.24, 2.45) is 5.92 Å². The molecular weight excluding hydrogens is 130 g/mol. The molecule has 0 aliphatic carbocycles. The Hall–Kier alpha value is 0.310. The normalized spacial score (nSPS) is 32.0. The van der Waals surface area contributed by atoms with E-state index in [1.807, 2.05) is 0 Å². The Bertz CT molecular complexity index is 75.0. The maximum atomic E-state index is 2.41. The summed E-state index contributed by atoms with van der Waals surface area (Å²) in [5.74, 6) is 3.49. The molecule has 0 spiro atoms. The summed E-state index contributed by atoms with van der Waals surface area (Å²) < 4.78 is 0. The van der Waals surface area contributed by atoms with E-state index in [-0.39, 0.29) is 0 Å². The van der Waals surface area contributed by atoms with Crippen LogP contribution in [0, 0.1) is 5.92 Å². The van der Waals surface area contributed by atoms with E-state index in [9.17, 15) is 0 Å². The molecule has 1 rings (SSSR count). The minimum Gasteiger partial charge on any atom is -0.297 e. The first kappa shape index (κ1) is 7.42. The fourth-order valence-electron chi connectivity index (χ4n) is 1.18. The molecule has 0 amide bonds. The molecule has 1 saturated heterocycles. The van der Waals surface area contributed by atoms with Gasteiger partial charge in [-0.3, -0.25) is 4.90 Å². The highest BCUT2D eigenvalue weighted by Crippen LogP contribution is 2.16. The summed E-state index contributed by atoms with van der Waals surface area (Å²) in [6.07, 6.45) is 1.40. The molecule has 1 aliphatic rings. The largest absolute Gasteiger partial charge is 0.297 e. The van der Waals surface area contributed by atoms with E-state index in [2.05, 4.69) is 30.6 Å². The number of nitrogens with zero attached hydrogens (tertiary/aromatic N) is 1. The third-order valence-electron chi connectivity index (χ3n) is 1.69. The number of hydrogen-bond donors (Lipinski definition) is 0. The molecule has 2 heteroatoms. The zero-order valence-electron chi connectivity index (χ0n) is 6.26. The molecule has 0 bridgehead atoms. The summed E-state index contributed by atoms with van der Waals surface area (Å²) in [6, 6.07) is 0. The lowest BCUT2D eigenvalue weighted by Gasteiger charge is -2.14. The van der Waals surface area contributed by atoms with E-state index in [0.717, 1.165) is 5.92 Å². The lowest BCUT2D eigenvalue weighted by molar-refractivity contribution is 0.332. The average molecular weight is 145 g/mol. The fraction of sp³-hybridized carbons (Fsp3) is 1.00. The van der Waals surface area contributed by atoms with Crippen molar-refractivity contribution in [3.05, 3.63) is 0 Å². The van der Waals surface area contributed by atoms with Crippen molar-refractivity contribution in [3.8, 4) is 0 Å². The van der Waals surface area contributed by atoms with Gasteiger partial charge in [-0.15, -0.1) is 11.8 Å². The zero-order chi connectivity index (χ0) is 6.69. The molecule has 0 saturated carbocycles. The molecule has 9 heavy (non-hydrogen) atoms. The Kier molecular flexibility index (Phi) is 2.86. The van der Waals surface area contributed by atoms with E-state index in [1.54, 1.807) is 0 Å². The Labute approximate surface area is 61.8 Å². The van der Waals surface area contributed by atoms with Gasteiger partial charge in [-0.1, -0.05) is 6.92 Å². The van der Waals surface area contributed by atoms with Gasteiger partial charge in [0.2, 0.25) is 0 Å². The van der Waals surface area contributed by atoms with Gasteiger partial charge in [0.15, 0.2) is 0 Å². The summed E-state index contributed by atoms with van der Waals surface area (Å²) in [5.41, 5.74) is 0. The Balaban J connectivity index is 2.29. The Morgan fingerprint density at radius 1 is 1.56 bits per heavy atom. The molecular formula is C7H15NS. The van der Waals surface area contributed by atoms with Gasteiger partial charge in [0.1, 0.15) is 0 Å². The van der Waals surface area contributed by atoms with Crippen LogP contribution in [0.2, 0.25) is 0 Å². The molecule has 0 aromatic carbocycles. The average Bonchev–Trinajstić information content (AvgIpc) is 1.93.